The Bertz CT molecular complexity index is 815. The molecule has 152 valence electrons. The van der Waals surface area contributed by atoms with Gasteiger partial charge in [0.15, 0.2) is 17.3 Å². The standard InChI is InChI=1S/C22H31N3O3/c1-5-10-25-15-19(16(2)23-25)14-24-11-6-7-18(13-24)22(26)17-8-9-20(27-3)21(12-17)28-4/h8-9,12,15,18H,5-7,10-11,13-14H2,1-4H3. The third-order valence-corrected chi connectivity index (χ3v) is 5.44. The third-order valence-electron chi connectivity index (χ3n) is 5.44. The van der Waals surface area contributed by atoms with Gasteiger partial charge in [-0.15, -0.1) is 0 Å². The van der Waals surface area contributed by atoms with Crippen LogP contribution >= 0.6 is 0 Å². The van der Waals surface area contributed by atoms with E-state index < -0.39 is 0 Å². The highest BCUT2D eigenvalue weighted by atomic mass is 16.5. The number of Topliss-reactive ketones (excluding diaryl/α,β-unsaturated/α-hetero) is 1. The number of hydrogen-bond acceptors (Lipinski definition) is 5. The predicted octanol–water partition coefficient (Wildman–Crippen LogP) is 3.71. The summed E-state index contributed by atoms with van der Waals surface area (Å²) in [5.74, 6) is 1.44. The minimum atomic E-state index is 0.0119. The number of hydrogen-bond donors (Lipinski definition) is 0. The van der Waals surface area contributed by atoms with Crippen molar-refractivity contribution in [1.29, 1.82) is 0 Å². The van der Waals surface area contributed by atoms with Crippen LogP contribution in [0.25, 0.3) is 0 Å². The summed E-state index contributed by atoms with van der Waals surface area (Å²) >= 11 is 0. The molecule has 1 saturated heterocycles. The molecule has 0 radical (unpaired) electrons. The van der Waals surface area contributed by atoms with Gasteiger partial charge in [0.05, 0.1) is 19.9 Å². The van der Waals surface area contributed by atoms with E-state index in [2.05, 4.69) is 30.0 Å². The Morgan fingerprint density at radius 1 is 1.25 bits per heavy atom. The van der Waals surface area contributed by atoms with Gasteiger partial charge < -0.3 is 9.47 Å². The summed E-state index contributed by atoms with van der Waals surface area (Å²) in [6.45, 7) is 7.83. The largest absolute Gasteiger partial charge is 0.493 e. The van der Waals surface area contributed by atoms with Gasteiger partial charge in [0.1, 0.15) is 0 Å². The smallest absolute Gasteiger partial charge is 0.167 e. The summed E-state index contributed by atoms with van der Waals surface area (Å²) in [6, 6.07) is 5.43. The van der Waals surface area contributed by atoms with Crippen LogP contribution in [0.2, 0.25) is 0 Å². The summed E-state index contributed by atoms with van der Waals surface area (Å²) in [6.07, 6.45) is 5.19. The molecule has 2 heterocycles. The van der Waals surface area contributed by atoms with Crippen LogP contribution in [0.5, 0.6) is 11.5 Å². The number of ketones is 1. The number of methoxy groups -OCH3 is 2. The topological polar surface area (TPSA) is 56.6 Å². The first-order valence-corrected chi connectivity index (χ1v) is 10.1. The summed E-state index contributed by atoms with van der Waals surface area (Å²) < 4.78 is 12.7. The predicted molar refractivity (Wildman–Crippen MR) is 109 cm³/mol. The molecular weight excluding hydrogens is 354 g/mol. The Morgan fingerprint density at radius 2 is 2.04 bits per heavy atom. The molecule has 0 N–H and O–H groups in total. The molecule has 0 aliphatic carbocycles. The van der Waals surface area contributed by atoms with Crippen molar-refractivity contribution in [1.82, 2.24) is 14.7 Å². The van der Waals surface area contributed by atoms with Crippen LogP contribution in [0, 0.1) is 12.8 Å². The van der Waals surface area contributed by atoms with Crippen molar-refractivity contribution < 1.29 is 14.3 Å². The van der Waals surface area contributed by atoms with Gasteiger partial charge in [-0.3, -0.25) is 14.4 Å². The molecule has 0 spiro atoms. The SMILES string of the molecule is CCCn1cc(CN2CCCC(C(=O)c3ccc(OC)c(OC)c3)C2)c(C)n1. The van der Waals surface area contributed by atoms with Gasteiger partial charge in [0.2, 0.25) is 0 Å². The van der Waals surface area contributed by atoms with Crippen LogP contribution in [0.3, 0.4) is 0 Å². The second-order valence-corrected chi connectivity index (χ2v) is 7.51. The van der Waals surface area contributed by atoms with Crippen LogP contribution in [0.4, 0.5) is 0 Å². The van der Waals surface area contributed by atoms with E-state index in [9.17, 15) is 4.79 Å². The zero-order valence-corrected chi connectivity index (χ0v) is 17.4. The van der Waals surface area contributed by atoms with Gasteiger partial charge in [0, 0.05) is 42.9 Å². The van der Waals surface area contributed by atoms with E-state index in [1.807, 2.05) is 10.7 Å². The van der Waals surface area contributed by atoms with Crippen LogP contribution in [0.15, 0.2) is 24.4 Å². The number of likely N-dealkylation sites (tertiary alicyclic amines) is 1. The number of benzene rings is 1. The van der Waals surface area contributed by atoms with E-state index in [0.717, 1.165) is 51.1 Å². The van der Waals surface area contributed by atoms with Crippen LogP contribution in [-0.4, -0.2) is 47.8 Å². The Labute approximate surface area is 167 Å². The lowest BCUT2D eigenvalue weighted by Gasteiger charge is -2.32. The Morgan fingerprint density at radius 3 is 2.75 bits per heavy atom. The van der Waals surface area contributed by atoms with E-state index in [1.54, 1.807) is 26.4 Å². The number of nitrogens with zero attached hydrogens (tertiary/aromatic N) is 3. The number of carbonyl (C=O) groups is 1. The van der Waals surface area contributed by atoms with Crippen molar-refractivity contribution in [3.63, 3.8) is 0 Å². The van der Waals surface area contributed by atoms with Gasteiger partial charge in [-0.2, -0.15) is 5.10 Å². The molecule has 0 saturated carbocycles. The average Bonchev–Trinajstić information content (AvgIpc) is 3.06. The Kier molecular flexibility index (Phi) is 6.73. The molecule has 6 heteroatoms. The molecule has 0 amide bonds. The number of ether oxygens (including phenoxy) is 2. The molecule has 1 aromatic carbocycles. The first-order chi connectivity index (χ1) is 13.5. The van der Waals surface area contributed by atoms with Gasteiger partial charge in [0.25, 0.3) is 0 Å². The van der Waals surface area contributed by atoms with Gasteiger partial charge >= 0.3 is 0 Å². The summed E-state index contributed by atoms with van der Waals surface area (Å²) in [5, 5.41) is 4.60. The van der Waals surface area contributed by atoms with Crippen LogP contribution in [-0.2, 0) is 13.1 Å². The normalized spacial score (nSPS) is 17.5. The molecule has 0 bridgehead atoms. The molecule has 1 unspecified atom stereocenters. The lowest BCUT2D eigenvalue weighted by Crippen LogP contribution is -2.38. The van der Waals surface area contributed by atoms with Crippen molar-refractivity contribution >= 4 is 5.78 Å². The number of aromatic nitrogens is 2. The molecule has 2 aromatic rings. The van der Waals surface area contributed by atoms with Crippen LogP contribution < -0.4 is 9.47 Å². The second-order valence-electron chi connectivity index (χ2n) is 7.51. The van der Waals surface area contributed by atoms with E-state index in [-0.39, 0.29) is 11.7 Å². The van der Waals surface area contributed by atoms with Gasteiger partial charge in [-0.05, 0) is 50.9 Å². The average molecular weight is 386 g/mol. The van der Waals surface area contributed by atoms with E-state index in [1.165, 1.54) is 5.56 Å². The molecule has 1 aromatic heterocycles. The lowest BCUT2D eigenvalue weighted by atomic mass is 9.89. The van der Waals surface area contributed by atoms with Crippen molar-refractivity contribution in [3.05, 3.63) is 41.2 Å². The lowest BCUT2D eigenvalue weighted by molar-refractivity contribution is 0.0811. The highest BCUT2D eigenvalue weighted by Crippen LogP contribution is 2.30. The molecule has 1 fully saturated rings. The fourth-order valence-corrected chi connectivity index (χ4v) is 3.94. The molecule has 1 atom stereocenters. The summed E-state index contributed by atoms with van der Waals surface area (Å²) in [7, 11) is 3.19. The minimum absolute atomic E-state index is 0.0119. The Hall–Kier alpha value is -2.34. The third kappa shape index (κ3) is 4.55. The maximum Gasteiger partial charge on any atom is 0.167 e. The number of aryl methyl sites for hydroxylation is 2. The highest BCUT2D eigenvalue weighted by Gasteiger charge is 2.27. The number of carbonyl (C=O) groups excluding carboxylic acids is 1. The maximum absolute atomic E-state index is 13.1. The Balaban J connectivity index is 1.68. The van der Waals surface area contributed by atoms with Crippen molar-refractivity contribution in [2.45, 2.75) is 46.2 Å². The quantitative estimate of drug-likeness (QED) is 0.649. The first-order valence-electron chi connectivity index (χ1n) is 10.1. The van der Waals surface area contributed by atoms with E-state index in [0.29, 0.717) is 17.1 Å². The van der Waals surface area contributed by atoms with Crippen molar-refractivity contribution in [3.8, 4) is 11.5 Å². The van der Waals surface area contributed by atoms with Crippen molar-refractivity contribution in [2.24, 2.45) is 5.92 Å². The van der Waals surface area contributed by atoms with Gasteiger partial charge in [-0.25, -0.2) is 0 Å². The zero-order valence-electron chi connectivity index (χ0n) is 17.4. The van der Waals surface area contributed by atoms with Crippen LogP contribution in [0.1, 0.15) is 47.8 Å². The first kappa shape index (κ1) is 20.4. The van der Waals surface area contributed by atoms with Crippen molar-refractivity contribution in [2.75, 3.05) is 27.3 Å². The fraction of sp³-hybridized carbons (Fsp3) is 0.545. The van der Waals surface area contributed by atoms with E-state index >= 15 is 0 Å². The zero-order chi connectivity index (χ0) is 20.1. The second kappa shape index (κ2) is 9.24. The fourth-order valence-electron chi connectivity index (χ4n) is 3.94. The number of piperidine rings is 1. The minimum Gasteiger partial charge on any atom is -0.493 e. The number of rotatable bonds is 8. The van der Waals surface area contributed by atoms with E-state index in [4.69, 9.17) is 9.47 Å². The summed E-state index contributed by atoms with van der Waals surface area (Å²) in [5.41, 5.74) is 3.03. The molecular formula is C22H31N3O3. The molecule has 1 aliphatic heterocycles. The summed E-state index contributed by atoms with van der Waals surface area (Å²) in [4.78, 5) is 15.5. The molecule has 28 heavy (non-hydrogen) atoms. The highest BCUT2D eigenvalue weighted by molar-refractivity contribution is 5.98. The van der Waals surface area contributed by atoms with Gasteiger partial charge in [-0.1, -0.05) is 6.92 Å². The molecule has 3 rings (SSSR count). The monoisotopic (exact) mass is 385 g/mol. The molecule has 1 aliphatic rings. The maximum atomic E-state index is 13.1. The molecule has 6 nitrogen and oxygen atoms in total.